The monoisotopic (exact) mass is 264 g/mol. The number of aliphatic hydroxyl groups is 1. The Kier molecular flexibility index (Phi) is 5.81. The lowest BCUT2D eigenvalue weighted by Crippen LogP contribution is -2.28. The van der Waals surface area contributed by atoms with E-state index in [9.17, 15) is 9.59 Å². The van der Waals surface area contributed by atoms with Gasteiger partial charge in [0.1, 0.15) is 0 Å². The second-order valence-electron chi connectivity index (χ2n) is 3.77. The van der Waals surface area contributed by atoms with Gasteiger partial charge in [0, 0.05) is 5.56 Å². The molecule has 1 atom stereocenters. The van der Waals surface area contributed by atoms with Crippen molar-refractivity contribution in [3.05, 3.63) is 29.8 Å². The van der Waals surface area contributed by atoms with Crippen LogP contribution in [-0.2, 0) is 20.9 Å². The third-order valence-electron chi connectivity index (χ3n) is 2.34. The minimum Gasteiger partial charge on any atom is -0.464 e. The van der Waals surface area contributed by atoms with Gasteiger partial charge >= 0.3 is 5.97 Å². The van der Waals surface area contributed by atoms with Crippen LogP contribution in [0.5, 0.6) is 0 Å². The van der Waals surface area contributed by atoms with Crippen LogP contribution in [0.4, 0.5) is 5.69 Å². The van der Waals surface area contributed by atoms with E-state index < -0.39 is 17.8 Å². The Balaban J connectivity index is 2.92. The molecule has 0 aromatic heterocycles. The van der Waals surface area contributed by atoms with Crippen molar-refractivity contribution in [1.29, 1.82) is 0 Å². The number of azo groups is 1. The molecule has 1 N–H and O–H groups in total. The van der Waals surface area contributed by atoms with Crippen molar-refractivity contribution in [1.82, 2.24) is 0 Å². The fourth-order valence-electron chi connectivity index (χ4n) is 1.38. The third-order valence-corrected chi connectivity index (χ3v) is 2.34. The lowest BCUT2D eigenvalue weighted by molar-refractivity contribution is -0.147. The maximum Gasteiger partial charge on any atom is 0.340 e. The van der Waals surface area contributed by atoms with Crippen LogP contribution in [0.2, 0.25) is 0 Å². The third kappa shape index (κ3) is 4.26. The molecule has 0 amide bonds. The van der Waals surface area contributed by atoms with Gasteiger partial charge in [-0.15, -0.1) is 0 Å². The molecule has 0 bridgehead atoms. The molecule has 1 unspecified atom stereocenters. The van der Waals surface area contributed by atoms with Gasteiger partial charge in [-0.1, -0.05) is 18.2 Å². The number of Topliss-reactive ketones (excluding diaryl/α,β-unsaturated/α-hetero) is 1. The predicted molar refractivity (Wildman–Crippen MR) is 68.0 cm³/mol. The van der Waals surface area contributed by atoms with Crippen molar-refractivity contribution >= 4 is 17.4 Å². The summed E-state index contributed by atoms with van der Waals surface area (Å²) in [6.45, 7) is 2.87. The van der Waals surface area contributed by atoms with Crippen molar-refractivity contribution in [3.63, 3.8) is 0 Å². The summed E-state index contributed by atoms with van der Waals surface area (Å²) in [6, 6.07) is 5.53. The molecule has 1 rings (SSSR count). The average molecular weight is 264 g/mol. The fourth-order valence-corrected chi connectivity index (χ4v) is 1.38. The molecular formula is C13H16N2O4. The second-order valence-corrected chi connectivity index (χ2v) is 3.77. The molecule has 0 radical (unpaired) electrons. The summed E-state index contributed by atoms with van der Waals surface area (Å²) in [5, 5.41) is 16.7. The van der Waals surface area contributed by atoms with Crippen molar-refractivity contribution in [2.24, 2.45) is 10.2 Å². The summed E-state index contributed by atoms with van der Waals surface area (Å²) in [4.78, 5) is 22.8. The standard InChI is InChI=1S/C13H16N2O4/c1-3-19-13(18)12(9(2)17)15-14-11-7-5-4-6-10(11)8-16/h4-7,12,16H,3,8H2,1-2H3. The molecule has 6 nitrogen and oxygen atoms in total. The van der Waals surface area contributed by atoms with E-state index in [4.69, 9.17) is 9.84 Å². The van der Waals surface area contributed by atoms with Gasteiger partial charge in [0.25, 0.3) is 0 Å². The molecule has 0 saturated heterocycles. The Hall–Kier alpha value is -2.08. The molecule has 0 aliphatic rings. The van der Waals surface area contributed by atoms with E-state index in [0.717, 1.165) is 0 Å². The molecule has 102 valence electrons. The first-order chi connectivity index (χ1) is 9.10. The highest BCUT2D eigenvalue weighted by molar-refractivity contribution is 6.02. The first-order valence-corrected chi connectivity index (χ1v) is 5.86. The summed E-state index contributed by atoms with van der Waals surface area (Å²) in [5.74, 6) is -1.16. The summed E-state index contributed by atoms with van der Waals surface area (Å²) in [7, 11) is 0. The molecule has 0 heterocycles. The van der Waals surface area contributed by atoms with Gasteiger partial charge in [0.15, 0.2) is 5.78 Å². The number of ether oxygens (including phenoxy) is 1. The zero-order chi connectivity index (χ0) is 14.3. The maximum absolute atomic E-state index is 11.5. The number of esters is 1. The first-order valence-electron chi connectivity index (χ1n) is 5.86. The largest absolute Gasteiger partial charge is 0.464 e. The topological polar surface area (TPSA) is 88.3 Å². The summed E-state index contributed by atoms with van der Waals surface area (Å²) in [5.41, 5.74) is 0.984. The maximum atomic E-state index is 11.5. The number of hydrogen-bond acceptors (Lipinski definition) is 6. The van der Waals surface area contributed by atoms with Crippen molar-refractivity contribution in [2.45, 2.75) is 26.5 Å². The minimum absolute atomic E-state index is 0.172. The van der Waals surface area contributed by atoms with E-state index >= 15 is 0 Å². The molecule has 6 heteroatoms. The quantitative estimate of drug-likeness (QED) is 0.482. The van der Waals surface area contributed by atoms with Crippen molar-refractivity contribution in [3.8, 4) is 0 Å². The molecule has 1 aromatic carbocycles. The number of benzene rings is 1. The number of carbonyl (C=O) groups is 2. The van der Waals surface area contributed by atoms with Gasteiger partial charge in [0.2, 0.25) is 6.04 Å². The number of hydrogen-bond donors (Lipinski definition) is 1. The van der Waals surface area contributed by atoms with Gasteiger partial charge in [0.05, 0.1) is 18.9 Å². The molecule has 0 spiro atoms. The molecule has 0 fully saturated rings. The van der Waals surface area contributed by atoms with Gasteiger partial charge in [-0.25, -0.2) is 4.79 Å². The summed E-state index contributed by atoms with van der Waals surface area (Å²) < 4.78 is 4.75. The second kappa shape index (κ2) is 7.38. The number of aliphatic hydroxyl groups excluding tert-OH is 1. The van der Waals surface area contributed by atoms with E-state index in [-0.39, 0.29) is 13.2 Å². The van der Waals surface area contributed by atoms with Gasteiger partial charge < -0.3 is 9.84 Å². The van der Waals surface area contributed by atoms with E-state index in [0.29, 0.717) is 11.3 Å². The Labute approximate surface area is 111 Å². The highest BCUT2D eigenvalue weighted by Gasteiger charge is 2.24. The SMILES string of the molecule is CCOC(=O)C(N=Nc1ccccc1CO)C(C)=O. The zero-order valence-corrected chi connectivity index (χ0v) is 10.9. The van der Waals surface area contributed by atoms with E-state index in [1.54, 1.807) is 31.2 Å². The molecule has 1 aromatic rings. The van der Waals surface area contributed by atoms with E-state index in [1.807, 2.05) is 0 Å². The first kappa shape index (κ1) is 15.0. The highest BCUT2D eigenvalue weighted by atomic mass is 16.5. The number of ketones is 1. The van der Waals surface area contributed by atoms with Crippen LogP contribution < -0.4 is 0 Å². The molecule has 0 aliphatic carbocycles. The minimum atomic E-state index is -1.26. The van der Waals surface area contributed by atoms with Crippen LogP contribution in [0.3, 0.4) is 0 Å². The van der Waals surface area contributed by atoms with Crippen LogP contribution in [0.15, 0.2) is 34.5 Å². The molecular weight excluding hydrogens is 248 g/mol. The average Bonchev–Trinajstić information content (AvgIpc) is 2.39. The predicted octanol–water partition coefficient (Wildman–Crippen LogP) is 1.78. The van der Waals surface area contributed by atoms with Crippen LogP contribution in [-0.4, -0.2) is 29.5 Å². The van der Waals surface area contributed by atoms with Crippen LogP contribution in [0.25, 0.3) is 0 Å². The smallest absolute Gasteiger partial charge is 0.340 e. The summed E-state index contributed by atoms with van der Waals surface area (Å²) >= 11 is 0. The van der Waals surface area contributed by atoms with Crippen LogP contribution in [0, 0.1) is 0 Å². The number of rotatable bonds is 6. The van der Waals surface area contributed by atoms with Gasteiger partial charge in [-0.05, 0) is 19.9 Å². The molecule has 19 heavy (non-hydrogen) atoms. The Bertz CT molecular complexity index is 485. The Morgan fingerprint density at radius 3 is 2.63 bits per heavy atom. The molecule has 0 saturated carbocycles. The van der Waals surface area contributed by atoms with Crippen LogP contribution >= 0.6 is 0 Å². The highest BCUT2D eigenvalue weighted by Crippen LogP contribution is 2.19. The number of carbonyl (C=O) groups excluding carboxylic acids is 2. The lowest BCUT2D eigenvalue weighted by atomic mass is 10.2. The van der Waals surface area contributed by atoms with Crippen molar-refractivity contribution in [2.75, 3.05) is 6.61 Å². The molecule has 0 aliphatic heterocycles. The Morgan fingerprint density at radius 2 is 2.05 bits per heavy atom. The van der Waals surface area contributed by atoms with Crippen LogP contribution in [0.1, 0.15) is 19.4 Å². The Morgan fingerprint density at radius 1 is 1.37 bits per heavy atom. The fraction of sp³-hybridized carbons (Fsp3) is 0.385. The van der Waals surface area contributed by atoms with E-state index in [1.165, 1.54) is 6.92 Å². The number of nitrogens with zero attached hydrogens (tertiary/aromatic N) is 2. The van der Waals surface area contributed by atoms with Crippen molar-refractivity contribution < 1.29 is 19.4 Å². The zero-order valence-electron chi connectivity index (χ0n) is 10.9. The van der Waals surface area contributed by atoms with Gasteiger partial charge in [-0.2, -0.15) is 10.2 Å². The van der Waals surface area contributed by atoms with E-state index in [2.05, 4.69) is 10.2 Å². The summed E-state index contributed by atoms with van der Waals surface area (Å²) in [6.07, 6.45) is 0. The normalized spacial score (nSPS) is 12.4. The van der Waals surface area contributed by atoms with Gasteiger partial charge in [-0.3, -0.25) is 4.79 Å². The lowest BCUT2D eigenvalue weighted by Gasteiger charge is -2.07.